The number of fused-ring (bicyclic) bond motifs is 1. The normalized spacial score (nSPS) is 10.8. The molecule has 0 bridgehead atoms. The molecule has 0 aliphatic carbocycles. The summed E-state index contributed by atoms with van der Waals surface area (Å²) in [5.74, 6) is 1.37. The number of nitrogen functional groups attached to an aromatic ring is 2. The maximum Gasteiger partial charge on any atom is 0.178 e. The lowest BCUT2D eigenvalue weighted by Crippen LogP contribution is -2.10. The second-order valence-corrected chi connectivity index (χ2v) is 6.52. The van der Waals surface area contributed by atoms with Gasteiger partial charge in [0.05, 0.1) is 11.7 Å². The molecule has 144 valence electrons. The number of nitrogens with one attached hydrogen (secondary N) is 3. The Labute approximate surface area is 166 Å². The predicted molar refractivity (Wildman–Crippen MR) is 112 cm³/mol. The van der Waals surface area contributed by atoms with Crippen LogP contribution in [0.4, 0.5) is 0 Å². The van der Waals surface area contributed by atoms with Gasteiger partial charge in [0.15, 0.2) is 5.65 Å². The number of ether oxygens (including phenoxy) is 1. The summed E-state index contributed by atoms with van der Waals surface area (Å²) in [7, 11) is 0. The van der Waals surface area contributed by atoms with Crippen molar-refractivity contribution in [2.45, 2.75) is 6.61 Å². The topological polar surface area (TPSA) is 151 Å². The first-order chi connectivity index (χ1) is 14.0. The summed E-state index contributed by atoms with van der Waals surface area (Å²) in [4.78, 5) is 12.1. The molecule has 0 amide bonds. The van der Waals surface area contributed by atoms with Gasteiger partial charge >= 0.3 is 0 Å². The number of H-pyrrole nitrogens is 1. The summed E-state index contributed by atoms with van der Waals surface area (Å²) in [6.45, 7) is 0.374. The van der Waals surface area contributed by atoms with Crippen molar-refractivity contribution in [2.24, 2.45) is 11.5 Å². The zero-order valence-corrected chi connectivity index (χ0v) is 15.4. The maximum absolute atomic E-state index is 7.47. The van der Waals surface area contributed by atoms with Crippen molar-refractivity contribution < 1.29 is 4.74 Å². The average molecular weight is 385 g/mol. The zero-order valence-electron chi connectivity index (χ0n) is 15.4. The highest BCUT2D eigenvalue weighted by Gasteiger charge is 2.08. The van der Waals surface area contributed by atoms with Crippen molar-refractivity contribution in [3.8, 4) is 17.1 Å². The SMILES string of the molecule is N=C(N)c1ccc(COc2cnc3nc(-c4ccc(C(=N)N)cc4)[nH]c3c2)cc1. The monoisotopic (exact) mass is 385 g/mol. The molecule has 29 heavy (non-hydrogen) atoms. The van der Waals surface area contributed by atoms with Gasteiger partial charge in [-0.05, 0) is 5.56 Å². The molecule has 0 fully saturated rings. The summed E-state index contributed by atoms with van der Waals surface area (Å²) in [5.41, 5.74) is 15.5. The van der Waals surface area contributed by atoms with Gasteiger partial charge in [0, 0.05) is 22.8 Å². The van der Waals surface area contributed by atoms with Gasteiger partial charge in [-0.3, -0.25) is 10.8 Å². The van der Waals surface area contributed by atoms with Crippen LogP contribution in [0.15, 0.2) is 60.8 Å². The minimum absolute atomic E-state index is 0.0283. The molecule has 0 unspecified atom stereocenters. The Bertz CT molecular complexity index is 1190. The molecule has 8 nitrogen and oxygen atoms in total. The van der Waals surface area contributed by atoms with Crippen LogP contribution in [0.1, 0.15) is 16.7 Å². The molecule has 0 saturated carbocycles. The third-order valence-corrected chi connectivity index (χ3v) is 4.45. The van der Waals surface area contributed by atoms with E-state index in [1.165, 1.54) is 0 Å². The largest absolute Gasteiger partial charge is 0.487 e. The molecular formula is C21H19N7O. The smallest absolute Gasteiger partial charge is 0.178 e. The number of rotatable bonds is 6. The highest BCUT2D eigenvalue weighted by Crippen LogP contribution is 2.23. The number of benzene rings is 2. The predicted octanol–water partition coefficient (Wildman–Crippen LogP) is 2.77. The van der Waals surface area contributed by atoms with Crippen LogP contribution in [0.25, 0.3) is 22.6 Å². The fourth-order valence-electron chi connectivity index (χ4n) is 2.85. The van der Waals surface area contributed by atoms with Crippen LogP contribution in [0, 0.1) is 10.8 Å². The third kappa shape index (κ3) is 3.91. The van der Waals surface area contributed by atoms with E-state index >= 15 is 0 Å². The number of hydrogen-bond acceptors (Lipinski definition) is 5. The van der Waals surface area contributed by atoms with E-state index in [2.05, 4.69) is 15.0 Å². The number of nitrogens with two attached hydrogens (primary N) is 2. The first kappa shape index (κ1) is 18.2. The van der Waals surface area contributed by atoms with Crippen LogP contribution >= 0.6 is 0 Å². The average Bonchev–Trinajstić information content (AvgIpc) is 3.16. The summed E-state index contributed by atoms with van der Waals surface area (Å²) in [5, 5.41) is 14.9. The van der Waals surface area contributed by atoms with Crippen molar-refractivity contribution in [2.75, 3.05) is 0 Å². The molecule has 2 aromatic heterocycles. The molecule has 2 aromatic carbocycles. The second kappa shape index (κ2) is 7.43. The van der Waals surface area contributed by atoms with E-state index < -0.39 is 0 Å². The Kier molecular flexibility index (Phi) is 4.66. The zero-order chi connectivity index (χ0) is 20.4. The fraction of sp³-hybridized carbons (Fsp3) is 0.0476. The molecule has 0 radical (unpaired) electrons. The lowest BCUT2D eigenvalue weighted by molar-refractivity contribution is 0.305. The van der Waals surface area contributed by atoms with Crippen LogP contribution in [-0.4, -0.2) is 26.6 Å². The van der Waals surface area contributed by atoms with Gasteiger partial charge in [0.1, 0.15) is 29.9 Å². The van der Waals surface area contributed by atoms with E-state index in [0.29, 0.717) is 35.0 Å². The van der Waals surface area contributed by atoms with Gasteiger partial charge in [0.25, 0.3) is 0 Å². The first-order valence-electron chi connectivity index (χ1n) is 8.86. The third-order valence-electron chi connectivity index (χ3n) is 4.45. The van der Waals surface area contributed by atoms with Crippen LogP contribution in [0.2, 0.25) is 0 Å². The van der Waals surface area contributed by atoms with E-state index in [-0.39, 0.29) is 11.7 Å². The van der Waals surface area contributed by atoms with E-state index in [9.17, 15) is 0 Å². The minimum Gasteiger partial charge on any atom is -0.487 e. The number of imidazole rings is 1. The lowest BCUT2D eigenvalue weighted by atomic mass is 10.1. The number of nitrogens with zero attached hydrogens (tertiary/aromatic N) is 2. The molecule has 0 saturated heterocycles. The van der Waals surface area contributed by atoms with Gasteiger partial charge in [-0.1, -0.05) is 48.5 Å². The lowest BCUT2D eigenvalue weighted by Gasteiger charge is -2.06. The van der Waals surface area contributed by atoms with E-state index in [0.717, 1.165) is 16.6 Å². The second-order valence-electron chi connectivity index (χ2n) is 6.52. The molecule has 2 heterocycles. The summed E-state index contributed by atoms with van der Waals surface area (Å²) in [6, 6.07) is 16.5. The van der Waals surface area contributed by atoms with Gasteiger partial charge in [-0.25, -0.2) is 9.97 Å². The van der Waals surface area contributed by atoms with E-state index in [4.69, 9.17) is 27.0 Å². The Balaban J connectivity index is 1.50. The van der Waals surface area contributed by atoms with Crippen molar-refractivity contribution in [3.63, 3.8) is 0 Å². The van der Waals surface area contributed by atoms with Crippen molar-refractivity contribution in [1.82, 2.24) is 15.0 Å². The van der Waals surface area contributed by atoms with Crippen molar-refractivity contribution in [1.29, 1.82) is 10.8 Å². The Morgan fingerprint density at radius 2 is 1.55 bits per heavy atom. The van der Waals surface area contributed by atoms with Gasteiger partial charge in [0.2, 0.25) is 0 Å². The number of pyridine rings is 1. The molecule has 0 atom stereocenters. The first-order valence-corrected chi connectivity index (χ1v) is 8.86. The minimum atomic E-state index is 0.0283. The molecule has 0 aliphatic heterocycles. The van der Waals surface area contributed by atoms with Crippen LogP contribution in [0.3, 0.4) is 0 Å². The number of aromatic nitrogens is 3. The summed E-state index contributed by atoms with van der Waals surface area (Å²) in [6.07, 6.45) is 1.63. The fourth-order valence-corrected chi connectivity index (χ4v) is 2.85. The van der Waals surface area contributed by atoms with Crippen molar-refractivity contribution >= 4 is 22.8 Å². The molecular weight excluding hydrogens is 366 g/mol. The molecule has 0 spiro atoms. The summed E-state index contributed by atoms with van der Waals surface area (Å²) >= 11 is 0. The molecule has 7 N–H and O–H groups in total. The quantitative estimate of drug-likeness (QED) is 0.255. The van der Waals surface area contributed by atoms with E-state index in [1.54, 1.807) is 30.5 Å². The van der Waals surface area contributed by atoms with Gasteiger partial charge < -0.3 is 21.2 Å². The van der Waals surface area contributed by atoms with Crippen LogP contribution < -0.4 is 16.2 Å². The maximum atomic E-state index is 7.47. The Hall–Kier alpha value is -4.20. The number of aromatic amines is 1. The van der Waals surface area contributed by atoms with Crippen molar-refractivity contribution in [3.05, 3.63) is 77.5 Å². The van der Waals surface area contributed by atoms with Gasteiger partial charge in [-0.2, -0.15) is 0 Å². The highest BCUT2D eigenvalue weighted by molar-refractivity contribution is 5.95. The molecule has 4 aromatic rings. The number of hydrogen-bond donors (Lipinski definition) is 5. The standard InChI is InChI=1S/C21H19N7O/c22-18(23)13-3-1-12(2-4-13)11-29-16-9-17-21(26-10-16)28-20(27-17)15-7-5-14(6-8-15)19(24)25/h1-10H,11H2,(H3,22,23)(H3,24,25)(H,26,27,28). The van der Waals surface area contributed by atoms with E-state index in [1.807, 2.05) is 30.3 Å². The Morgan fingerprint density at radius 1 is 0.931 bits per heavy atom. The number of amidine groups is 2. The van der Waals surface area contributed by atoms with Gasteiger partial charge in [-0.15, -0.1) is 0 Å². The van der Waals surface area contributed by atoms with Crippen LogP contribution in [-0.2, 0) is 6.61 Å². The molecule has 4 rings (SSSR count). The summed E-state index contributed by atoms with van der Waals surface area (Å²) < 4.78 is 5.82. The molecule has 8 heteroatoms. The van der Waals surface area contributed by atoms with Crippen LogP contribution in [0.5, 0.6) is 5.75 Å². The Morgan fingerprint density at radius 3 is 2.17 bits per heavy atom. The molecule has 0 aliphatic rings. The highest BCUT2D eigenvalue weighted by atomic mass is 16.5.